The second-order valence-corrected chi connectivity index (χ2v) is 4.20. The van der Waals surface area contributed by atoms with Gasteiger partial charge in [0, 0.05) is 25.8 Å². The lowest BCUT2D eigenvalue weighted by atomic mass is 10.2. The SMILES string of the molecule is CNC(=O)c1cc(NC2CC2)cc(C(=O)NC)n1. The molecule has 0 aliphatic heterocycles. The predicted molar refractivity (Wildman–Crippen MR) is 67.7 cm³/mol. The molecule has 1 fully saturated rings. The number of nitrogens with one attached hydrogen (secondary N) is 3. The summed E-state index contributed by atoms with van der Waals surface area (Å²) in [7, 11) is 3.06. The first kappa shape index (κ1) is 12.3. The summed E-state index contributed by atoms with van der Waals surface area (Å²) in [5, 5.41) is 8.26. The monoisotopic (exact) mass is 248 g/mol. The summed E-state index contributed by atoms with van der Waals surface area (Å²) in [5.41, 5.74) is 1.23. The average molecular weight is 248 g/mol. The van der Waals surface area contributed by atoms with Crippen molar-refractivity contribution in [2.45, 2.75) is 18.9 Å². The highest BCUT2D eigenvalue weighted by molar-refractivity contribution is 5.97. The molecule has 18 heavy (non-hydrogen) atoms. The van der Waals surface area contributed by atoms with Gasteiger partial charge in [0.15, 0.2) is 0 Å². The second-order valence-electron chi connectivity index (χ2n) is 4.20. The molecule has 0 bridgehead atoms. The van der Waals surface area contributed by atoms with Gasteiger partial charge in [-0.25, -0.2) is 4.98 Å². The fourth-order valence-corrected chi connectivity index (χ4v) is 1.57. The van der Waals surface area contributed by atoms with Gasteiger partial charge in [0.05, 0.1) is 0 Å². The first-order chi connectivity index (χ1) is 8.63. The largest absolute Gasteiger partial charge is 0.382 e. The standard InChI is InChI=1S/C12H16N4O2/c1-13-11(17)9-5-8(15-7-3-4-7)6-10(16-9)12(18)14-2/h5-7H,3-4H2,1-2H3,(H,13,17)(H,14,18)(H,15,16). The summed E-state index contributed by atoms with van der Waals surface area (Å²) >= 11 is 0. The van der Waals surface area contributed by atoms with Gasteiger partial charge in [0.25, 0.3) is 11.8 Å². The highest BCUT2D eigenvalue weighted by atomic mass is 16.2. The molecule has 0 atom stereocenters. The van der Waals surface area contributed by atoms with Crippen molar-refractivity contribution in [3.05, 3.63) is 23.5 Å². The topological polar surface area (TPSA) is 83.1 Å². The molecule has 0 spiro atoms. The number of aromatic nitrogens is 1. The van der Waals surface area contributed by atoms with Crippen LogP contribution in [0.15, 0.2) is 12.1 Å². The number of amides is 2. The summed E-state index contributed by atoms with van der Waals surface area (Å²) in [6, 6.07) is 3.76. The molecular formula is C12H16N4O2. The average Bonchev–Trinajstić information content (AvgIpc) is 3.20. The molecule has 0 unspecified atom stereocenters. The van der Waals surface area contributed by atoms with Crippen molar-refractivity contribution in [2.75, 3.05) is 19.4 Å². The van der Waals surface area contributed by atoms with E-state index < -0.39 is 0 Å². The Bertz CT molecular complexity index is 449. The van der Waals surface area contributed by atoms with Crippen LogP contribution in [0.4, 0.5) is 5.69 Å². The van der Waals surface area contributed by atoms with Crippen LogP contribution in [-0.2, 0) is 0 Å². The molecule has 1 heterocycles. The van der Waals surface area contributed by atoms with Crippen LogP contribution in [0.1, 0.15) is 33.8 Å². The van der Waals surface area contributed by atoms with Crippen molar-refractivity contribution in [2.24, 2.45) is 0 Å². The third kappa shape index (κ3) is 2.77. The Kier molecular flexibility index (Phi) is 3.45. The molecule has 1 saturated carbocycles. The maximum atomic E-state index is 11.6. The third-order valence-corrected chi connectivity index (χ3v) is 2.69. The van der Waals surface area contributed by atoms with Crippen molar-refractivity contribution in [1.82, 2.24) is 15.6 Å². The molecule has 3 N–H and O–H groups in total. The van der Waals surface area contributed by atoms with Crippen LogP contribution in [0.3, 0.4) is 0 Å². The number of rotatable bonds is 4. The molecule has 6 nitrogen and oxygen atoms in total. The number of hydrogen-bond acceptors (Lipinski definition) is 4. The molecule has 0 aromatic carbocycles. The molecule has 6 heteroatoms. The lowest BCUT2D eigenvalue weighted by Gasteiger charge is -2.09. The van der Waals surface area contributed by atoms with E-state index in [1.807, 2.05) is 0 Å². The van der Waals surface area contributed by atoms with Gasteiger partial charge in [-0.15, -0.1) is 0 Å². The van der Waals surface area contributed by atoms with Gasteiger partial charge in [-0.05, 0) is 25.0 Å². The summed E-state index contributed by atoms with van der Waals surface area (Å²) in [5.74, 6) is -0.612. The minimum absolute atomic E-state index is 0.238. The minimum Gasteiger partial charge on any atom is -0.382 e. The Balaban J connectivity index is 2.33. The minimum atomic E-state index is -0.306. The molecule has 1 aromatic rings. The molecule has 0 radical (unpaired) electrons. The number of pyridine rings is 1. The molecule has 1 aromatic heterocycles. The van der Waals surface area contributed by atoms with E-state index in [2.05, 4.69) is 20.9 Å². The molecule has 2 amide bonds. The lowest BCUT2D eigenvalue weighted by Crippen LogP contribution is -2.24. The summed E-state index contributed by atoms with van der Waals surface area (Å²) in [6.45, 7) is 0. The van der Waals surface area contributed by atoms with E-state index in [9.17, 15) is 9.59 Å². The first-order valence-electron chi connectivity index (χ1n) is 5.87. The van der Waals surface area contributed by atoms with E-state index in [0.717, 1.165) is 18.5 Å². The maximum absolute atomic E-state index is 11.6. The van der Waals surface area contributed by atoms with Gasteiger partial charge in [-0.2, -0.15) is 0 Å². The van der Waals surface area contributed by atoms with Gasteiger partial charge < -0.3 is 16.0 Å². The molecule has 0 saturated heterocycles. The van der Waals surface area contributed by atoms with Gasteiger partial charge in [-0.1, -0.05) is 0 Å². The van der Waals surface area contributed by atoms with E-state index in [1.165, 1.54) is 14.1 Å². The van der Waals surface area contributed by atoms with E-state index in [0.29, 0.717) is 6.04 Å². The summed E-state index contributed by atoms with van der Waals surface area (Å²) in [6.07, 6.45) is 2.24. The van der Waals surface area contributed by atoms with Gasteiger partial charge >= 0.3 is 0 Å². The molecule has 1 aliphatic carbocycles. The predicted octanol–water partition coefficient (Wildman–Crippen LogP) is 0.375. The van der Waals surface area contributed by atoms with Crippen molar-refractivity contribution < 1.29 is 9.59 Å². The van der Waals surface area contributed by atoms with Crippen LogP contribution in [-0.4, -0.2) is 36.9 Å². The highest BCUT2D eigenvalue weighted by Gasteiger charge is 2.22. The van der Waals surface area contributed by atoms with Crippen LogP contribution < -0.4 is 16.0 Å². The Morgan fingerprint density at radius 2 is 1.61 bits per heavy atom. The lowest BCUT2D eigenvalue weighted by molar-refractivity contribution is 0.0954. The number of anilines is 1. The zero-order valence-electron chi connectivity index (χ0n) is 10.4. The van der Waals surface area contributed by atoms with E-state index >= 15 is 0 Å². The zero-order valence-corrected chi connectivity index (χ0v) is 10.4. The van der Waals surface area contributed by atoms with Crippen molar-refractivity contribution in [1.29, 1.82) is 0 Å². The van der Waals surface area contributed by atoms with Crippen LogP contribution in [0.2, 0.25) is 0 Å². The molecule has 96 valence electrons. The number of carbonyl (C=O) groups is 2. The number of carbonyl (C=O) groups excluding carboxylic acids is 2. The van der Waals surface area contributed by atoms with Crippen LogP contribution in [0, 0.1) is 0 Å². The Morgan fingerprint density at radius 1 is 1.11 bits per heavy atom. The van der Waals surface area contributed by atoms with Crippen LogP contribution >= 0.6 is 0 Å². The maximum Gasteiger partial charge on any atom is 0.269 e. The van der Waals surface area contributed by atoms with Gasteiger partial charge in [0.1, 0.15) is 11.4 Å². The fourth-order valence-electron chi connectivity index (χ4n) is 1.57. The van der Waals surface area contributed by atoms with Crippen LogP contribution in [0.5, 0.6) is 0 Å². The highest BCUT2D eigenvalue weighted by Crippen LogP contribution is 2.25. The quantitative estimate of drug-likeness (QED) is 0.719. The Hall–Kier alpha value is -2.11. The third-order valence-electron chi connectivity index (χ3n) is 2.69. The van der Waals surface area contributed by atoms with E-state index in [-0.39, 0.29) is 23.2 Å². The molecular weight excluding hydrogens is 232 g/mol. The normalized spacial score (nSPS) is 13.9. The van der Waals surface area contributed by atoms with E-state index in [1.54, 1.807) is 12.1 Å². The van der Waals surface area contributed by atoms with E-state index in [4.69, 9.17) is 0 Å². The van der Waals surface area contributed by atoms with Gasteiger partial charge in [-0.3, -0.25) is 9.59 Å². The number of hydrogen-bond donors (Lipinski definition) is 3. The van der Waals surface area contributed by atoms with Crippen molar-refractivity contribution in [3.63, 3.8) is 0 Å². The Morgan fingerprint density at radius 3 is 2.00 bits per heavy atom. The van der Waals surface area contributed by atoms with Crippen molar-refractivity contribution >= 4 is 17.5 Å². The molecule has 1 aliphatic rings. The summed E-state index contributed by atoms with van der Waals surface area (Å²) in [4.78, 5) is 27.2. The van der Waals surface area contributed by atoms with Gasteiger partial charge in [0.2, 0.25) is 0 Å². The van der Waals surface area contributed by atoms with Crippen LogP contribution in [0.25, 0.3) is 0 Å². The zero-order chi connectivity index (χ0) is 13.1. The first-order valence-corrected chi connectivity index (χ1v) is 5.87. The molecule has 2 rings (SSSR count). The summed E-state index contributed by atoms with van der Waals surface area (Å²) < 4.78 is 0. The van der Waals surface area contributed by atoms with Crippen molar-refractivity contribution in [3.8, 4) is 0 Å². The fraction of sp³-hybridized carbons (Fsp3) is 0.417. The second kappa shape index (κ2) is 5.03. The number of nitrogens with zero attached hydrogens (tertiary/aromatic N) is 1. The smallest absolute Gasteiger partial charge is 0.269 e. The Labute approximate surface area is 105 Å².